The first-order valence-electron chi connectivity index (χ1n) is 3.05. The first-order valence-corrected chi connectivity index (χ1v) is 3.05. The summed E-state index contributed by atoms with van der Waals surface area (Å²) in [6.45, 7) is 1.56. The summed E-state index contributed by atoms with van der Waals surface area (Å²) < 4.78 is 4.55. The van der Waals surface area contributed by atoms with Gasteiger partial charge in [-0.2, -0.15) is 0 Å². The minimum atomic E-state index is -0.738. The van der Waals surface area contributed by atoms with Crippen molar-refractivity contribution in [3.05, 3.63) is 0 Å². The lowest BCUT2D eigenvalue weighted by atomic mass is 10.0. The highest BCUT2D eigenvalue weighted by Crippen LogP contribution is 2.13. The van der Waals surface area contributed by atoms with Gasteiger partial charge in [-0.1, -0.05) is 0 Å². The van der Waals surface area contributed by atoms with Gasteiger partial charge in [-0.3, -0.25) is 9.59 Å². The summed E-state index contributed by atoms with van der Waals surface area (Å²) >= 11 is 0. The van der Waals surface area contributed by atoms with Crippen molar-refractivity contribution < 1.29 is 14.3 Å². The molecular formula is C6H9NO3. The molecule has 0 bridgehead atoms. The van der Waals surface area contributed by atoms with E-state index < -0.39 is 17.9 Å². The number of cyclic esters (lactones) is 1. The number of rotatable bonds is 1. The predicted octanol–water partition coefficient (Wildman–Crippen LogP) is -0.924. The molecule has 1 fully saturated rings. The monoisotopic (exact) mass is 143 g/mol. The molecular weight excluding hydrogens is 134 g/mol. The number of Topliss-reactive ketones (excluding diaryl/α,β-unsaturated/α-hetero) is 1. The average molecular weight is 143 g/mol. The second-order valence-corrected chi connectivity index (χ2v) is 2.37. The van der Waals surface area contributed by atoms with Crippen LogP contribution >= 0.6 is 0 Å². The molecule has 0 spiro atoms. The van der Waals surface area contributed by atoms with Crippen LogP contribution in [0.3, 0.4) is 0 Å². The van der Waals surface area contributed by atoms with Crippen LogP contribution in [-0.2, 0) is 14.3 Å². The Bertz CT molecular complexity index is 178. The SMILES string of the molecule is CC(=O)C1COC(=O)[C@H]1N. The van der Waals surface area contributed by atoms with E-state index in [4.69, 9.17) is 5.73 Å². The van der Waals surface area contributed by atoms with Crippen LogP contribution in [0, 0.1) is 5.92 Å². The average Bonchev–Trinajstić information content (AvgIpc) is 2.14. The van der Waals surface area contributed by atoms with E-state index in [1.165, 1.54) is 6.92 Å². The molecule has 1 aliphatic rings. The lowest BCUT2D eigenvalue weighted by Crippen LogP contribution is -2.35. The molecule has 1 unspecified atom stereocenters. The van der Waals surface area contributed by atoms with Crippen LogP contribution in [0.5, 0.6) is 0 Å². The van der Waals surface area contributed by atoms with Crippen LogP contribution in [0.4, 0.5) is 0 Å². The first-order chi connectivity index (χ1) is 4.63. The van der Waals surface area contributed by atoms with Gasteiger partial charge in [0.25, 0.3) is 0 Å². The van der Waals surface area contributed by atoms with Crippen LogP contribution in [0.25, 0.3) is 0 Å². The molecule has 0 aromatic rings. The molecule has 2 atom stereocenters. The third-order valence-corrected chi connectivity index (χ3v) is 1.63. The number of hydrogen-bond donors (Lipinski definition) is 1. The van der Waals surface area contributed by atoms with Gasteiger partial charge in [-0.05, 0) is 6.92 Å². The molecule has 0 saturated carbocycles. The summed E-state index contributed by atoms with van der Waals surface area (Å²) in [5, 5.41) is 0. The standard InChI is InChI=1S/C6H9NO3/c1-3(8)4-2-10-6(9)5(4)7/h4-5H,2,7H2,1H3/t4?,5-/m0/s1. The highest BCUT2D eigenvalue weighted by Gasteiger charge is 2.36. The number of esters is 1. The van der Waals surface area contributed by atoms with E-state index in [-0.39, 0.29) is 12.4 Å². The van der Waals surface area contributed by atoms with Crippen molar-refractivity contribution in [1.82, 2.24) is 0 Å². The number of nitrogens with two attached hydrogens (primary N) is 1. The fraction of sp³-hybridized carbons (Fsp3) is 0.667. The van der Waals surface area contributed by atoms with Gasteiger partial charge in [0, 0.05) is 0 Å². The zero-order valence-electron chi connectivity index (χ0n) is 5.66. The third kappa shape index (κ3) is 1.02. The predicted molar refractivity (Wildman–Crippen MR) is 33.1 cm³/mol. The maximum absolute atomic E-state index is 10.7. The second kappa shape index (κ2) is 2.38. The van der Waals surface area contributed by atoms with Gasteiger partial charge >= 0.3 is 5.97 Å². The minimum absolute atomic E-state index is 0.0849. The number of ketones is 1. The topological polar surface area (TPSA) is 69.4 Å². The van der Waals surface area contributed by atoms with E-state index in [1.54, 1.807) is 0 Å². The largest absolute Gasteiger partial charge is 0.464 e. The van der Waals surface area contributed by atoms with Gasteiger partial charge in [0.15, 0.2) is 0 Å². The summed E-state index contributed by atoms with van der Waals surface area (Å²) in [5.41, 5.74) is 5.33. The third-order valence-electron chi connectivity index (χ3n) is 1.63. The van der Waals surface area contributed by atoms with Crippen LogP contribution in [0.1, 0.15) is 6.92 Å². The van der Waals surface area contributed by atoms with Gasteiger partial charge in [-0.15, -0.1) is 0 Å². The molecule has 0 amide bonds. The number of carbonyl (C=O) groups excluding carboxylic acids is 2. The van der Waals surface area contributed by atoms with E-state index in [1.807, 2.05) is 0 Å². The highest BCUT2D eigenvalue weighted by atomic mass is 16.5. The van der Waals surface area contributed by atoms with Gasteiger partial charge in [-0.25, -0.2) is 0 Å². The summed E-state index contributed by atoms with van der Waals surface area (Å²) in [7, 11) is 0. The first kappa shape index (κ1) is 7.21. The van der Waals surface area contributed by atoms with Crippen molar-refractivity contribution in [3.63, 3.8) is 0 Å². The molecule has 2 N–H and O–H groups in total. The Morgan fingerprint density at radius 2 is 2.40 bits per heavy atom. The van der Waals surface area contributed by atoms with Crippen LogP contribution < -0.4 is 5.73 Å². The summed E-state index contributed by atoms with van der Waals surface area (Å²) in [5.74, 6) is -0.981. The zero-order valence-corrected chi connectivity index (χ0v) is 5.66. The summed E-state index contributed by atoms with van der Waals surface area (Å²) in [6.07, 6.45) is 0. The Labute approximate surface area is 58.3 Å². The molecule has 0 radical (unpaired) electrons. The Kier molecular flexibility index (Phi) is 1.72. The number of hydrogen-bond acceptors (Lipinski definition) is 4. The van der Waals surface area contributed by atoms with E-state index in [9.17, 15) is 9.59 Å². The summed E-state index contributed by atoms with van der Waals surface area (Å²) in [6, 6.07) is -0.738. The van der Waals surface area contributed by atoms with Crippen molar-refractivity contribution in [2.45, 2.75) is 13.0 Å². The smallest absolute Gasteiger partial charge is 0.323 e. The summed E-state index contributed by atoms with van der Waals surface area (Å²) in [4.78, 5) is 21.3. The zero-order chi connectivity index (χ0) is 7.72. The van der Waals surface area contributed by atoms with Gasteiger partial charge in [0.2, 0.25) is 0 Å². The van der Waals surface area contributed by atoms with E-state index >= 15 is 0 Å². The van der Waals surface area contributed by atoms with Crippen molar-refractivity contribution in [3.8, 4) is 0 Å². The molecule has 4 nitrogen and oxygen atoms in total. The van der Waals surface area contributed by atoms with E-state index in [0.717, 1.165) is 0 Å². The maximum atomic E-state index is 10.7. The van der Waals surface area contributed by atoms with E-state index in [0.29, 0.717) is 0 Å². The molecule has 0 aliphatic carbocycles. The van der Waals surface area contributed by atoms with Crippen LogP contribution in [0.15, 0.2) is 0 Å². The lowest BCUT2D eigenvalue weighted by molar-refractivity contribution is -0.139. The molecule has 1 aliphatic heterocycles. The lowest BCUT2D eigenvalue weighted by Gasteiger charge is -2.03. The van der Waals surface area contributed by atoms with Crippen molar-refractivity contribution in [2.24, 2.45) is 11.7 Å². The molecule has 0 aromatic carbocycles. The molecule has 4 heteroatoms. The number of carbonyl (C=O) groups is 2. The van der Waals surface area contributed by atoms with Gasteiger partial charge in [0.05, 0.1) is 5.92 Å². The molecule has 1 rings (SSSR count). The fourth-order valence-corrected chi connectivity index (χ4v) is 0.906. The minimum Gasteiger partial charge on any atom is -0.464 e. The quantitative estimate of drug-likeness (QED) is 0.482. The molecule has 10 heavy (non-hydrogen) atoms. The maximum Gasteiger partial charge on any atom is 0.323 e. The van der Waals surface area contributed by atoms with Gasteiger partial charge < -0.3 is 10.5 Å². The molecule has 1 saturated heterocycles. The van der Waals surface area contributed by atoms with Crippen LogP contribution in [-0.4, -0.2) is 24.4 Å². The fourth-order valence-electron chi connectivity index (χ4n) is 0.906. The van der Waals surface area contributed by atoms with Gasteiger partial charge in [0.1, 0.15) is 18.4 Å². The Balaban J connectivity index is 2.66. The van der Waals surface area contributed by atoms with Crippen molar-refractivity contribution in [1.29, 1.82) is 0 Å². The van der Waals surface area contributed by atoms with Crippen molar-refractivity contribution in [2.75, 3.05) is 6.61 Å². The molecule has 0 aromatic heterocycles. The Hall–Kier alpha value is -0.900. The highest BCUT2D eigenvalue weighted by molar-refractivity contribution is 5.89. The Morgan fingerprint density at radius 3 is 2.60 bits per heavy atom. The Morgan fingerprint density at radius 1 is 1.80 bits per heavy atom. The molecule has 56 valence electrons. The van der Waals surface area contributed by atoms with E-state index in [2.05, 4.69) is 4.74 Å². The number of ether oxygens (including phenoxy) is 1. The van der Waals surface area contributed by atoms with Crippen LogP contribution in [0.2, 0.25) is 0 Å². The molecule has 1 heterocycles. The second-order valence-electron chi connectivity index (χ2n) is 2.37. The normalized spacial score (nSPS) is 32.0. The van der Waals surface area contributed by atoms with Crippen molar-refractivity contribution >= 4 is 11.8 Å².